The largest absolute Gasteiger partial charge is 0.372 e. The standard InChI is InChI=1S/C15H14O/c1-10-6-5-9-12-11-7-3-4-8-13(11)15(16-2)14(10)12/h3-9,15H,1-2H3. The van der Waals surface area contributed by atoms with E-state index in [1.807, 2.05) is 0 Å². The fourth-order valence-corrected chi connectivity index (χ4v) is 2.63. The van der Waals surface area contributed by atoms with Crippen molar-refractivity contribution in [1.29, 1.82) is 0 Å². The fraction of sp³-hybridized carbons (Fsp3) is 0.200. The first kappa shape index (κ1) is 9.61. The minimum absolute atomic E-state index is 0.104. The summed E-state index contributed by atoms with van der Waals surface area (Å²) in [5.74, 6) is 0. The number of benzene rings is 2. The maximum Gasteiger partial charge on any atom is 0.109 e. The van der Waals surface area contributed by atoms with E-state index in [0.717, 1.165) is 0 Å². The van der Waals surface area contributed by atoms with Crippen LogP contribution in [0.3, 0.4) is 0 Å². The second-order valence-electron chi connectivity index (χ2n) is 4.24. The summed E-state index contributed by atoms with van der Waals surface area (Å²) in [5, 5.41) is 0. The lowest BCUT2D eigenvalue weighted by Crippen LogP contribution is -2.00. The Balaban J connectivity index is 2.34. The van der Waals surface area contributed by atoms with Crippen molar-refractivity contribution in [3.63, 3.8) is 0 Å². The number of aryl methyl sites for hydroxylation is 1. The molecule has 1 nitrogen and oxygen atoms in total. The molecule has 1 unspecified atom stereocenters. The van der Waals surface area contributed by atoms with Gasteiger partial charge < -0.3 is 4.74 Å². The zero-order valence-corrected chi connectivity index (χ0v) is 9.53. The molecule has 0 saturated carbocycles. The summed E-state index contributed by atoms with van der Waals surface area (Å²) in [5.41, 5.74) is 6.55. The molecule has 1 heteroatoms. The molecule has 1 aliphatic carbocycles. The molecule has 0 spiro atoms. The van der Waals surface area contributed by atoms with Crippen LogP contribution in [0.2, 0.25) is 0 Å². The molecule has 0 amide bonds. The molecule has 0 radical (unpaired) electrons. The van der Waals surface area contributed by atoms with Gasteiger partial charge in [0, 0.05) is 7.11 Å². The summed E-state index contributed by atoms with van der Waals surface area (Å²) in [6.07, 6.45) is 0.104. The molecule has 16 heavy (non-hydrogen) atoms. The van der Waals surface area contributed by atoms with Crippen LogP contribution in [0.1, 0.15) is 22.8 Å². The van der Waals surface area contributed by atoms with Gasteiger partial charge in [0.1, 0.15) is 6.10 Å². The third kappa shape index (κ3) is 1.15. The molecule has 0 fully saturated rings. The summed E-state index contributed by atoms with van der Waals surface area (Å²) in [4.78, 5) is 0. The summed E-state index contributed by atoms with van der Waals surface area (Å²) in [6.45, 7) is 2.15. The summed E-state index contributed by atoms with van der Waals surface area (Å²) in [7, 11) is 1.78. The minimum atomic E-state index is 0.104. The molecular weight excluding hydrogens is 196 g/mol. The topological polar surface area (TPSA) is 9.23 Å². The van der Waals surface area contributed by atoms with Gasteiger partial charge in [0.25, 0.3) is 0 Å². The van der Waals surface area contributed by atoms with E-state index in [4.69, 9.17) is 4.74 Å². The van der Waals surface area contributed by atoms with Crippen molar-refractivity contribution in [2.45, 2.75) is 13.0 Å². The van der Waals surface area contributed by atoms with Crippen molar-refractivity contribution in [2.24, 2.45) is 0 Å². The fourth-order valence-electron chi connectivity index (χ4n) is 2.63. The first-order valence-corrected chi connectivity index (χ1v) is 5.54. The van der Waals surface area contributed by atoms with Gasteiger partial charge in [0.05, 0.1) is 0 Å². The Morgan fingerprint density at radius 1 is 0.938 bits per heavy atom. The number of hydrogen-bond donors (Lipinski definition) is 0. The predicted octanol–water partition coefficient (Wildman–Crippen LogP) is 3.71. The van der Waals surface area contributed by atoms with Gasteiger partial charge >= 0.3 is 0 Å². The van der Waals surface area contributed by atoms with Crippen molar-refractivity contribution >= 4 is 0 Å². The summed E-state index contributed by atoms with van der Waals surface area (Å²) < 4.78 is 5.64. The highest BCUT2D eigenvalue weighted by Gasteiger charge is 2.29. The van der Waals surface area contributed by atoms with Gasteiger partial charge in [-0.15, -0.1) is 0 Å². The lowest BCUT2D eigenvalue weighted by atomic mass is 10.0. The Hall–Kier alpha value is -1.60. The van der Waals surface area contributed by atoms with Gasteiger partial charge in [-0.25, -0.2) is 0 Å². The highest BCUT2D eigenvalue weighted by atomic mass is 16.5. The van der Waals surface area contributed by atoms with E-state index < -0.39 is 0 Å². The third-order valence-electron chi connectivity index (χ3n) is 3.36. The van der Waals surface area contributed by atoms with Crippen LogP contribution in [-0.2, 0) is 4.74 Å². The lowest BCUT2D eigenvalue weighted by Gasteiger charge is -2.13. The van der Waals surface area contributed by atoms with Crippen LogP contribution in [0, 0.1) is 6.92 Å². The molecule has 3 rings (SSSR count). The molecule has 0 heterocycles. The first-order valence-electron chi connectivity index (χ1n) is 5.54. The van der Waals surface area contributed by atoms with Gasteiger partial charge in [-0.3, -0.25) is 0 Å². The molecule has 0 aromatic heterocycles. The van der Waals surface area contributed by atoms with Crippen LogP contribution in [0.5, 0.6) is 0 Å². The van der Waals surface area contributed by atoms with Crippen LogP contribution in [-0.4, -0.2) is 7.11 Å². The van der Waals surface area contributed by atoms with Crippen LogP contribution >= 0.6 is 0 Å². The highest BCUT2D eigenvalue weighted by Crippen LogP contribution is 2.46. The molecule has 0 N–H and O–H groups in total. The van der Waals surface area contributed by atoms with Crippen molar-refractivity contribution in [3.05, 3.63) is 59.2 Å². The van der Waals surface area contributed by atoms with Gasteiger partial charge in [-0.05, 0) is 34.7 Å². The van der Waals surface area contributed by atoms with Crippen LogP contribution < -0.4 is 0 Å². The van der Waals surface area contributed by atoms with Crippen molar-refractivity contribution < 1.29 is 4.74 Å². The van der Waals surface area contributed by atoms with Crippen molar-refractivity contribution in [2.75, 3.05) is 7.11 Å². The number of methoxy groups -OCH3 is 1. The number of ether oxygens (including phenoxy) is 1. The summed E-state index contributed by atoms with van der Waals surface area (Å²) in [6, 6.07) is 14.9. The Kier molecular flexibility index (Phi) is 2.08. The molecule has 2 aromatic rings. The van der Waals surface area contributed by atoms with Crippen LogP contribution in [0.4, 0.5) is 0 Å². The van der Waals surface area contributed by atoms with Gasteiger partial charge in [-0.2, -0.15) is 0 Å². The molecule has 1 aliphatic rings. The molecule has 0 bridgehead atoms. The Labute approximate surface area is 95.7 Å². The van der Waals surface area contributed by atoms with Crippen LogP contribution in [0.15, 0.2) is 42.5 Å². The average molecular weight is 210 g/mol. The molecule has 1 atom stereocenters. The van der Waals surface area contributed by atoms with Crippen LogP contribution in [0.25, 0.3) is 11.1 Å². The Bertz CT molecular complexity index is 543. The average Bonchev–Trinajstić information content (AvgIpc) is 2.65. The number of fused-ring (bicyclic) bond motifs is 3. The maximum atomic E-state index is 5.64. The zero-order chi connectivity index (χ0) is 11.1. The second kappa shape index (κ2) is 3.46. The molecule has 0 saturated heterocycles. The van der Waals surface area contributed by atoms with E-state index in [0.29, 0.717) is 0 Å². The molecular formula is C15H14O. The monoisotopic (exact) mass is 210 g/mol. The molecule has 0 aliphatic heterocycles. The van der Waals surface area contributed by atoms with E-state index in [9.17, 15) is 0 Å². The molecule has 2 aromatic carbocycles. The van der Waals surface area contributed by atoms with Gasteiger partial charge in [0.2, 0.25) is 0 Å². The molecule has 80 valence electrons. The predicted molar refractivity (Wildman–Crippen MR) is 65.5 cm³/mol. The maximum absolute atomic E-state index is 5.64. The first-order chi connectivity index (χ1) is 7.83. The van der Waals surface area contributed by atoms with E-state index >= 15 is 0 Å². The van der Waals surface area contributed by atoms with Crippen molar-refractivity contribution in [3.8, 4) is 11.1 Å². The van der Waals surface area contributed by atoms with Gasteiger partial charge in [-0.1, -0.05) is 42.5 Å². The third-order valence-corrected chi connectivity index (χ3v) is 3.36. The number of rotatable bonds is 1. The highest BCUT2D eigenvalue weighted by molar-refractivity contribution is 5.79. The van der Waals surface area contributed by atoms with E-state index in [-0.39, 0.29) is 6.10 Å². The lowest BCUT2D eigenvalue weighted by molar-refractivity contribution is 0.139. The zero-order valence-electron chi connectivity index (χ0n) is 9.53. The Morgan fingerprint density at radius 3 is 2.50 bits per heavy atom. The smallest absolute Gasteiger partial charge is 0.109 e. The van der Waals surface area contributed by atoms with E-state index in [2.05, 4.69) is 49.4 Å². The minimum Gasteiger partial charge on any atom is -0.372 e. The SMILES string of the molecule is COC1c2ccccc2-c2cccc(C)c21. The van der Waals surface area contributed by atoms with E-state index in [1.165, 1.54) is 27.8 Å². The number of hydrogen-bond acceptors (Lipinski definition) is 1. The summed E-state index contributed by atoms with van der Waals surface area (Å²) >= 11 is 0. The van der Waals surface area contributed by atoms with Crippen molar-refractivity contribution in [1.82, 2.24) is 0 Å². The Morgan fingerprint density at radius 2 is 1.69 bits per heavy atom. The van der Waals surface area contributed by atoms with E-state index in [1.54, 1.807) is 7.11 Å². The normalized spacial score (nSPS) is 17.0. The second-order valence-corrected chi connectivity index (χ2v) is 4.24. The quantitative estimate of drug-likeness (QED) is 0.697. The van der Waals surface area contributed by atoms with Gasteiger partial charge in [0.15, 0.2) is 0 Å².